The smallest absolute Gasteiger partial charge is 0.342 e. The first-order valence-corrected chi connectivity index (χ1v) is 9.59. The van der Waals surface area contributed by atoms with Gasteiger partial charge in [0.05, 0.1) is 5.39 Å². The van der Waals surface area contributed by atoms with Gasteiger partial charge in [-0.2, -0.15) is 0 Å². The van der Waals surface area contributed by atoms with Gasteiger partial charge in [-0.1, -0.05) is 24.3 Å². The zero-order chi connectivity index (χ0) is 20.0. The maximum atomic E-state index is 12.6. The topological polar surface area (TPSA) is 92.3 Å². The normalized spacial score (nSPS) is 12.4. The number of carbonyl (C=O) groups excluding carboxylic acids is 1. The second-order valence-corrected chi connectivity index (χ2v) is 7.88. The van der Waals surface area contributed by atoms with Crippen LogP contribution in [0.1, 0.15) is 39.7 Å². The van der Waals surface area contributed by atoms with Crippen LogP contribution in [0.3, 0.4) is 0 Å². The van der Waals surface area contributed by atoms with E-state index < -0.39 is 12.1 Å². The first-order chi connectivity index (χ1) is 13.3. The predicted molar refractivity (Wildman–Crippen MR) is 109 cm³/mol. The lowest BCUT2D eigenvalue weighted by Crippen LogP contribution is -2.17. The van der Waals surface area contributed by atoms with E-state index in [1.54, 1.807) is 13.0 Å². The van der Waals surface area contributed by atoms with Crippen LogP contribution in [-0.4, -0.2) is 21.0 Å². The molecule has 2 aromatic carbocycles. The SMILES string of the molecule is Cc1sc2nc([C@H](C)OC(=O)c3cc4ccccc4cc3O)[nH]c(=O)c2c1C. The third-order valence-corrected chi connectivity index (χ3v) is 5.91. The molecule has 2 N–H and O–H groups in total. The Morgan fingerprint density at radius 1 is 1.21 bits per heavy atom. The summed E-state index contributed by atoms with van der Waals surface area (Å²) in [6.07, 6.45) is -0.779. The van der Waals surface area contributed by atoms with Crippen LogP contribution >= 0.6 is 11.3 Å². The standard InChI is InChI=1S/C21H18N2O4S/c1-10-12(3)28-20-17(10)19(25)22-18(23-20)11(2)27-21(26)15-8-13-6-4-5-7-14(13)9-16(15)24/h4-9,11,24H,1-3H3,(H,22,23,25)/t11-/m0/s1. The number of aromatic hydroxyl groups is 1. The van der Waals surface area contributed by atoms with Gasteiger partial charge in [-0.05, 0) is 49.2 Å². The van der Waals surface area contributed by atoms with Crippen molar-refractivity contribution in [1.29, 1.82) is 0 Å². The molecule has 0 saturated heterocycles. The second kappa shape index (κ2) is 6.76. The van der Waals surface area contributed by atoms with E-state index in [2.05, 4.69) is 9.97 Å². The van der Waals surface area contributed by atoms with E-state index in [9.17, 15) is 14.7 Å². The number of fused-ring (bicyclic) bond motifs is 2. The Labute approximate surface area is 164 Å². The van der Waals surface area contributed by atoms with Crippen molar-refractivity contribution in [2.45, 2.75) is 26.9 Å². The second-order valence-electron chi connectivity index (χ2n) is 6.68. The number of carbonyl (C=O) groups is 1. The molecule has 142 valence electrons. The highest BCUT2D eigenvalue weighted by Gasteiger charge is 2.21. The summed E-state index contributed by atoms with van der Waals surface area (Å²) in [7, 11) is 0. The van der Waals surface area contributed by atoms with Gasteiger partial charge in [0.2, 0.25) is 0 Å². The van der Waals surface area contributed by atoms with E-state index >= 15 is 0 Å². The van der Waals surface area contributed by atoms with Gasteiger partial charge in [0, 0.05) is 4.88 Å². The van der Waals surface area contributed by atoms with Gasteiger partial charge in [-0.25, -0.2) is 9.78 Å². The fourth-order valence-electron chi connectivity index (χ4n) is 3.14. The van der Waals surface area contributed by atoms with Gasteiger partial charge in [0.15, 0.2) is 11.9 Å². The molecule has 2 aromatic heterocycles. The van der Waals surface area contributed by atoms with Crippen LogP contribution < -0.4 is 5.56 Å². The summed E-state index contributed by atoms with van der Waals surface area (Å²) in [6.45, 7) is 5.46. The van der Waals surface area contributed by atoms with Crippen LogP contribution in [0.2, 0.25) is 0 Å². The molecule has 6 nitrogen and oxygen atoms in total. The van der Waals surface area contributed by atoms with Gasteiger partial charge in [-0.15, -0.1) is 11.3 Å². The summed E-state index contributed by atoms with van der Waals surface area (Å²) in [5.74, 6) is -0.568. The van der Waals surface area contributed by atoms with Crippen molar-refractivity contribution in [3.05, 3.63) is 68.6 Å². The Morgan fingerprint density at radius 2 is 1.89 bits per heavy atom. The molecule has 4 aromatic rings. The molecule has 0 unspecified atom stereocenters. The number of benzene rings is 2. The average Bonchev–Trinajstić information content (AvgIpc) is 2.95. The molecule has 1 atom stereocenters. The van der Waals surface area contributed by atoms with E-state index in [1.807, 2.05) is 38.1 Å². The molecule has 0 aliphatic heterocycles. The molecule has 0 amide bonds. The van der Waals surface area contributed by atoms with Crippen molar-refractivity contribution in [3.8, 4) is 5.75 Å². The van der Waals surface area contributed by atoms with Gasteiger partial charge in [0.25, 0.3) is 5.56 Å². The lowest BCUT2D eigenvalue weighted by atomic mass is 10.1. The highest BCUT2D eigenvalue weighted by Crippen LogP contribution is 2.29. The van der Waals surface area contributed by atoms with E-state index in [1.165, 1.54) is 17.4 Å². The van der Waals surface area contributed by atoms with Crippen molar-refractivity contribution in [2.75, 3.05) is 0 Å². The number of H-pyrrole nitrogens is 1. The summed E-state index contributed by atoms with van der Waals surface area (Å²) < 4.78 is 5.47. The van der Waals surface area contributed by atoms with Crippen molar-refractivity contribution in [2.24, 2.45) is 0 Å². The van der Waals surface area contributed by atoms with Crippen LogP contribution in [0.15, 0.2) is 41.2 Å². The Balaban J connectivity index is 1.66. The minimum absolute atomic E-state index is 0.0665. The van der Waals surface area contributed by atoms with Crippen molar-refractivity contribution in [3.63, 3.8) is 0 Å². The number of nitrogens with one attached hydrogen (secondary N) is 1. The zero-order valence-corrected chi connectivity index (χ0v) is 16.4. The highest BCUT2D eigenvalue weighted by molar-refractivity contribution is 7.18. The molecule has 0 fully saturated rings. The Hall–Kier alpha value is -3.19. The number of aromatic amines is 1. The zero-order valence-electron chi connectivity index (χ0n) is 15.6. The number of rotatable bonds is 3. The molecule has 7 heteroatoms. The monoisotopic (exact) mass is 394 g/mol. The summed E-state index contributed by atoms with van der Waals surface area (Å²) in [4.78, 5) is 33.8. The van der Waals surface area contributed by atoms with E-state index in [0.29, 0.717) is 10.2 Å². The first-order valence-electron chi connectivity index (χ1n) is 8.78. The van der Waals surface area contributed by atoms with E-state index in [4.69, 9.17) is 4.74 Å². The average molecular weight is 394 g/mol. The molecule has 0 aliphatic rings. The maximum Gasteiger partial charge on any atom is 0.342 e. The number of hydrogen-bond donors (Lipinski definition) is 2. The molecular weight excluding hydrogens is 376 g/mol. The number of nitrogens with zero attached hydrogens (tertiary/aromatic N) is 1. The number of phenolic OH excluding ortho intramolecular Hbond substituents is 1. The van der Waals surface area contributed by atoms with E-state index in [0.717, 1.165) is 21.2 Å². The molecule has 4 rings (SSSR count). The lowest BCUT2D eigenvalue weighted by molar-refractivity contribution is 0.0317. The third kappa shape index (κ3) is 3.03. The lowest BCUT2D eigenvalue weighted by Gasteiger charge is -2.13. The molecule has 0 saturated carbocycles. The number of esters is 1. The number of phenols is 1. The fourth-order valence-corrected chi connectivity index (χ4v) is 4.17. The van der Waals surface area contributed by atoms with Crippen molar-refractivity contribution < 1.29 is 14.6 Å². The van der Waals surface area contributed by atoms with Gasteiger partial charge >= 0.3 is 5.97 Å². The highest BCUT2D eigenvalue weighted by atomic mass is 32.1. The summed E-state index contributed by atoms with van der Waals surface area (Å²) in [5.41, 5.74) is 0.723. The largest absolute Gasteiger partial charge is 0.507 e. The number of thiophene rings is 1. The maximum absolute atomic E-state index is 12.6. The van der Waals surface area contributed by atoms with Crippen molar-refractivity contribution in [1.82, 2.24) is 9.97 Å². The quantitative estimate of drug-likeness (QED) is 0.503. The Morgan fingerprint density at radius 3 is 2.61 bits per heavy atom. The number of hydrogen-bond acceptors (Lipinski definition) is 6. The molecular formula is C21H18N2O4S. The number of aryl methyl sites for hydroxylation is 2. The van der Waals surface area contributed by atoms with Crippen molar-refractivity contribution >= 4 is 38.3 Å². The van der Waals surface area contributed by atoms with Crippen LogP contribution in [-0.2, 0) is 4.74 Å². The van der Waals surface area contributed by atoms with Crippen LogP contribution in [0.25, 0.3) is 21.0 Å². The fraction of sp³-hybridized carbons (Fsp3) is 0.190. The minimum Gasteiger partial charge on any atom is -0.507 e. The third-order valence-electron chi connectivity index (χ3n) is 4.81. The van der Waals surface area contributed by atoms with E-state index in [-0.39, 0.29) is 22.7 Å². The minimum atomic E-state index is -0.779. The van der Waals surface area contributed by atoms with Crippen LogP contribution in [0.5, 0.6) is 5.75 Å². The predicted octanol–water partition coefficient (Wildman–Crippen LogP) is 4.38. The van der Waals surface area contributed by atoms with Gasteiger partial charge in [0.1, 0.15) is 16.1 Å². The van der Waals surface area contributed by atoms with Crippen LogP contribution in [0, 0.1) is 13.8 Å². The number of aromatic nitrogens is 2. The number of ether oxygens (including phenoxy) is 1. The summed E-state index contributed by atoms with van der Waals surface area (Å²) in [5, 5.41) is 12.4. The molecule has 0 radical (unpaired) electrons. The van der Waals surface area contributed by atoms with Gasteiger partial charge < -0.3 is 14.8 Å². The molecule has 28 heavy (non-hydrogen) atoms. The Bertz CT molecular complexity index is 1290. The van der Waals surface area contributed by atoms with Crippen LogP contribution in [0.4, 0.5) is 0 Å². The molecule has 0 aliphatic carbocycles. The summed E-state index contributed by atoms with van der Waals surface area (Å²) in [6, 6.07) is 10.5. The first kappa shape index (κ1) is 18.2. The summed E-state index contributed by atoms with van der Waals surface area (Å²) >= 11 is 1.43. The Kier molecular flexibility index (Phi) is 4.39. The molecule has 2 heterocycles. The van der Waals surface area contributed by atoms with Gasteiger partial charge in [-0.3, -0.25) is 4.79 Å². The molecule has 0 bridgehead atoms. The molecule has 0 spiro atoms.